The summed E-state index contributed by atoms with van der Waals surface area (Å²) in [4.78, 5) is 8.11. The molecule has 8 heteroatoms. The number of nitrogens with two attached hydrogens (primary N) is 1. The van der Waals surface area contributed by atoms with Crippen LogP contribution in [-0.2, 0) is 11.4 Å². The van der Waals surface area contributed by atoms with E-state index in [9.17, 15) is 13.3 Å². The van der Waals surface area contributed by atoms with E-state index in [2.05, 4.69) is 9.71 Å². The quantitative estimate of drug-likeness (QED) is 0.560. The number of benzene rings is 1. The van der Waals surface area contributed by atoms with Gasteiger partial charge in [0, 0.05) is 30.2 Å². The van der Waals surface area contributed by atoms with Gasteiger partial charge in [-0.2, -0.15) is 0 Å². The van der Waals surface area contributed by atoms with E-state index in [1.807, 2.05) is 39.0 Å². The van der Waals surface area contributed by atoms with Crippen LogP contribution in [0.4, 0.5) is 8.78 Å². The molecule has 2 aromatic rings. The van der Waals surface area contributed by atoms with Gasteiger partial charge in [-0.15, -0.1) is 4.72 Å². The lowest BCUT2D eigenvalue weighted by Crippen LogP contribution is -2.44. The molecule has 1 heterocycles. The van der Waals surface area contributed by atoms with Crippen LogP contribution in [0.15, 0.2) is 18.2 Å². The highest BCUT2D eigenvalue weighted by Gasteiger charge is 2.41. The summed E-state index contributed by atoms with van der Waals surface area (Å²) < 4.78 is 43.1. The fraction of sp³-hybridized carbons (Fsp3) is 0.682. The number of alkyl halides is 2. The highest BCUT2D eigenvalue weighted by Crippen LogP contribution is 2.42. The number of hydrogen-bond acceptors (Lipinski definition) is 4. The number of H-pyrrole nitrogens is 1. The van der Waals surface area contributed by atoms with E-state index in [0.717, 1.165) is 16.6 Å². The summed E-state index contributed by atoms with van der Waals surface area (Å²) in [6.45, 7) is 5.69. The van der Waals surface area contributed by atoms with Crippen LogP contribution in [0.5, 0.6) is 0 Å². The lowest BCUT2D eigenvalue weighted by molar-refractivity contribution is -0.0492. The van der Waals surface area contributed by atoms with Crippen molar-refractivity contribution in [1.82, 2.24) is 14.7 Å². The molecule has 1 aromatic carbocycles. The Morgan fingerprint density at radius 2 is 1.87 bits per heavy atom. The molecular weight excluding hydrogens is 406 g/mol. The summed E-state index contributed by atoms with van der Waals surface area (Å²) in [5.41, 5.74) is 9.13. The number of nitrogens with one attached hydrogen (secondary N) is 2. The average Bonchev–Trinajstić information content (AvgIpc) is 3.43. The summed E-state index contributed by atoms with van der Waals surface area (Å²) in [5, 5.41) is 0. The van der Waals surface area contributed by atoms with Crippen LogP contribution in [-0.4, -0.2) is 25.2 Å². The first-order valence-corrected chi connectivity index (χ1v) is 12.0. The third-order valence-corrected chi connectivity index (χ3v) is 7.94. The van der Waals surface area contributed by atoms with E-state index in [1.54, 1.807) is 0 Å². The number of rotatable bonds is 6. The molecule has 0 spiro atoms. The largest absolute Gasteiger partial charge is 0.598 e. The standard InChI is InChI=1S/C22H32F2N4OS/c1-21(2,3)30(29)28-19(14-8-10-22(23,24)11-9-14)20-26-16-7-6-15(12-17(16)27-20)18(25)13-4-5-13/h6-7,12-14,18-19,28H,4-5,8-11,25H2,1-3H3,(H,26,27)/t18-,19-,30?/m0/s1. The minimum absolute atomic E-state index is 0.0315. The molecule has 0 aliphatic heterocycles. The van der Waals surface area contributed by atoms with Crippen molar-refractivity contribution in [1.29, 1.82) is 0 Å². The van der Waals surface area contributed by atoms with Crippen molar-refractivity contribution < 1.29 is 13.3 Å². The van der Waals surface area contributed by atoms with Crippen LogP contribution in [0.1, 0.15) is 82.8 Å². The van der Waals surface area contributed by atoms with Crippen LogP contribution < -0.4 is 10.5 Å². The van der Waals surface area contributed by atoms with Gasteiger partial charge in [-0.05, 0) is 76.0 Å². The predicted molar refractivity (Wildman–Crippen MR) is 116 cm³/mol. The minimum atomic E-state index is -2.61. The van der Waals surface area contributed by atoms with E-state index in [-0.39, 0.29) is 30.8 Å². The monoisotopic (exact) mass is 438 g/mol. The van der Waals surface area contributed by atoms with Gasteiger partial charge in [0.1, 0.15) is 16.6 Å². The molecule has 0 bridgehead atoms. The third kappa shape index (κ3) is 4.82. The average molecular weight is 439 g/mol. The number of fused-ring (bicyclic) bond motifs is 1. The first-order valence-electron chi connectivity index (χ1n) is 10.8. The second-order valence-electron chi connectivity index (χ2n) is 9.93. The first kappa shape index (κ1) is 22.0. The van der Waals surface area contributed by atoms with Gasteiger partial charge in [0.15, 0.2) is 0 Å². The molecule has 0 saturated heterocycles. The van der Waals surface area contributed by atoms with E-state index in [0.29, 0.717) is 24.6 Å². The van der Waals surface area contributed by atoms with Gasteiger partial charge in [-0.1, -0.05) is 6.07 Å². The topological polar surface area (TPSA) is 89.8 Å². The molecular formula is C22H32F2N4OS. The Labute approximate surface area is 179 Å². The van der Waals surface area contributed by atoms with Crippen molar-refractivity contribution in [3.63, 3.8) is 0 Å². The minimum Gasteiger partial charge on any atom is -0.598 e. The maximum atomic E-state index is 13.7. The molecule has 166 valence electrons. The van der Waals surface area contributed by atoms with Crippen LogP contribution in [0.2, 0.25) is 0 Å². The Balaban J connectivity index is 1.62. The molecule has 0 radical (unpaired) electrons. The van der Waals surface area contributed by atoms with Crippen LogP contribution >= 0.6 is 0 Å². The molecule has 30 heavy (non-hydrogen) atoms. The van der Waals surface area contributed by atoms with Gasteiger partial charge < -0.3 is 15.3 Å². The van der Waals surface area contributed by atoms with Crippen molar-refractivity contribution in [2.24, 2.45) is 17.6 Å². The van der Waals surface area contributed by atoms with E-state index < -0.39 is 22.0 Å². The lowest BCUT2D eigenvalue weighted by Gasteiger charge is -2.35. The fourth-order valence-electron chi connectivity index (χ4n) is 4.19. The van der Waals surface area contributed by atoms with Crippen molar-refractivity contribution >= 4 is 22.4 Å². The van der Waals surface area contributed by atoms with Gasteiger partial charge in [0.2, 0.25) is 5.92 Å². The molecule has 2 aliphatic carbocycles. The van der Waals surface area contributed by atoms with Crippen molar-refractivity contribution in [2.75, 3.05) is 0 Å². The summed E-state index contributed by atoms with van der Waals surface area (Å²) in [7, 11) is 0. The van der Waals surface area contributed by atoms with Gasteiger partial charge in [0.05, 0.1) is 11.0 Å². The normalized spacial score (nSPS) is 23.4. The Bertz CT molecular complexity index is 883. The second-order valence-corrected chi connectivity index (χ2v) is 11.9. The molecule has 2 fully saturated rings. The van der Waals surface area contributed by atoms with Crippen molar-refractivity contribution in [3.8, 4) is 0 Å². The van der Waals surface area contributed by atoms with Crippen molar-refractivity contribution in [2.45, 2.75) is 82.0 Å². The Morgan fingerprint density at radius 1 is 1.20 bits per heavy atom. The van der Waals surface area contributed by atoms with Gasteiger partial charge in [-0.3, -0.25) is 0 Å². The molecule has 1 unspecified atom stereocenters. The molecule has 2 saturated carbocycles. The Hall–Kier alpha value is -1.22. The fourth-order valence-corrected chi connectivity index (χ4v) is 5.08. The molecule has 4 N–H and O–H groups in total. The SMILES string of the molecule is CC(C)(C)[S+]([O-])N[C@H](c1nc2ccc([C@@H](N)C3CC3)cc2[nH]1)C1CCC(F)(F)CC1. The van der Waals surface area contributed by atoms with E-state index >= 15 is 0 Å². The summed E-state index contributed by atoms with van der Waals surface area (Å²) in [5.74, 6) is -1.44. The number of hydrogen-bond donors (Lipinski definition) is 3. The summed E-state index contributed by atoms with van der Waals surface area (Å²) >= 11 is -1.34. The van der Waals surface area contributed by atoms with Gasteiger partial charge in [0.25, 0.3) is 0 Å². The zero-order valence-electron chi connectivity index (χ0n) is 17.9. The maximum absolute atomic E-state index is 13.7. The zero-order chi connectivity index (χ0) is 21.7. The molecule has 0 amide bonds. The van der Waals surface area contributed by atoms with Crippen LogP contribution in [0, 0.1) is 11.8 Å². The maximum Gasteiger partial charge on any atom is 0.248 e. The molecule has 5 nitrogen and oxygen atoms in total. The van der Waals surface area contributed by atoms with Crippen LogP contribution in [0.3, 0.4) is 0 Å². The highest BCUT2D eigenvalue weighted by atomic mass is 32.2. The molecule has 4 rings (SSSR count). The predicted octanol–water partition coefficient (Wildman–Crippen LogP) is 4.89. The Morgan fingerprint density at radius 3 is 2.47 bits per heavy atom. The first-order chi connectivity index (χ1) is 14.0. The number of halogens is 2. The highest BCUT2D eigenvalue weighted by molar-refractivity contribution is 7.90. The smallest absolute Gasteiger partial charge is 0.248 e. The van der Waals surface area contributed by atoms with E-state index in [1.165, 1.54) is 12.8 Å². The number of nitrogens with zero attached hydrogens (tertiary/aromatic N) is 1. The van der Waals surface area contributed by atoms with Gasteiger partial charge >= 0.3 is 0 Å². The zero-order valence-corrected chi connectivity index (χ0v) is 18.7. The van der Waals surface area contributed by atoms with Crippen LogP contribution in [0.25, 0.3) is 11.0 Å². The van der Waals surface area contributed by atoms with Crippen molar-refractivity contribution in [3.05, 3.63) is 29.6 Å². The van der Waals surface area contributed by atoms with Gasteiger partial charge in [-0.25, -0.2) is 13.8 Å². The number of imidazole rings is 1. The molecule has 3 atom stereocenters. The molecule has 1 aromatic heterocycles. The van der Waals surface area contributed by atoms with E-state index in [4.69, 9.17) is 10.7 Å². The number of aromatic nitrogens is 2. The lowest BCUT2D eigenvalue weighted by atomic mass is 9.82. The summed E-state index contributed by atoms with van der Waals surface area (Å²) in [6.07, 6.45) is 2.81. The number of aromatic amines is 1. The Kier molecular flexibility index (Phi) is 5.89. The summed E-state index contributed by atoms with van der Waals surface area (Å²) in [6, 6.07) is 5.69. The third-order valence-electron chi connectivity index (χ3n) is 6.36. The second kappa shape index (κ2) is 8.04. The molecule has 2 aliphatic rings.